The fraction of sp³-hybridized carbons (Fsp3) is 0.556. The van der Waals surface area contributed by atoms with Gasteiger partial charge in [-0.05, 0) is 37.8 Å². The Balaban J connectivity index is 1.98. The lowest BCUT2D eigenvalue weighted by atomic mass is 9.99. The molecule has 2 amide bonds. The molecule has 26 heavy (non-hydrogen) atoms. The monoisotopic (exact) mass is 381 g/mol. The molecular formula is C18H27N3O4S. The summed E-state index contributed by atoms with van der Waals surface area (Å²) in [5, 5.41) is 0. The number of nitrogens with zero attached hydrogens (tertiary/aromatic N) is 1. The average molecular weight is 381 g/mol. The molecule has 1 aromatic carbocycles. The lowest BCUT2D eigenvalue weighted by molar-refractivity contribution is -0.132. The maximum Gasteiger partial charge on any atom is 0.243 e. The highest BCUT2D eigenvalue weighted by Crippen LogP contribution is 2.24. The first-order valence-electron chi connectivity index (χ1n) is 8.85. The minimum atomic E-state index is -3.63. The molecule has 1 aliphatic heterocycles. The maximum absolute atomic E-state index is 12.8. The number of rotatable bonds is 5. The third-order valence-electron chi connectivity index (χ3n) is 4.33. The van der Waals surface area contributed by atoms with Crippen molar-refractivity contribution in [3.05, 3.63) is 29.8 Å². The Morgan fingerprint density at radius 1 is 1.19 bits per heavy atom. The van der Waals surface area contributed by atoms with Gasteiger partial charge in [-0.15, -0.1) is 0 Å². The number of sulfonamides is 1. The molecule has 1 fully saturated rings. The standard InChI is InChI=1S/C18H27N3O4S/c1-13(2)11-17(22)19-20-18(23)15-5-4-10-21(12-15)26(24,25)16-8-6-14(3)7-9-16/h6-9,13,15H,4-5,10-12H2,1-3H3,(H,19,22)(H,20,23). The van der Waals surface area contributed by atoms with E-state index in [4.69, 9.17) is 0 Å². The van der Waals surface area contributed by atoms with Gasteiger partial charge in [0.05, 0.1) is 10.8 Å². The van der Waals surface area contributed by atoms with Crippen LogP contribution in [-0.4, -0.2) is 37.6 Å². The van der Waals surface area contributed by atoms with Gasteiger partial charge < -0.3 is 0 Å². The van der Waals surface area contributed by atoms with Crippen LogP contribution in [0.3, 0.4) is 0 Å². The summed E-state index contributed by atoms with van der Waals surface area (Å²) < 4.78 is 26.9. The van der Waals surface area contributed by atoms with Crippen LogP contribution in [-0.2, 0) is 19.6 Å². The van der Waals surface area contributed by atoms with Gasteiger partial charge in [0.25, 0.3) is 0 Å². The minimum Gasteiger partial charge on any atom is -0.273 e. The molecule has 144 valence electrons. The van der Waals surface area contributed by atoms with Gasteiger partial charge in [0.1, 0.15) is 0 Å². The minimum absolute atomic E-state index is 0.113. The highest BCUT2D eigenvalue weighted by molar-refractivity contribution is 7.89. The van der Waals surface area contributed by atoms with E-state index in [9.17, 15) is 18.0 Å². The number of piperidine rings is 1. The van der Waals surface area contributed by atoms with Crippen LogP contribution in [0.1, 0.15) is 38.7 Å². The van der Waals surface area contributed by atoms with Gasteiger partial charge in [0.2, 0.25) is 21.8 Å². The molecule has 1 unspecified atom stereocenters. The van der Waals surface area contributed by atoms with E-state index in [2.05, 4.69) is 10.9 Å². The molecule has 0 saturated carbocycles. The molecule has 0 spiro atoms. The molecule has 1 atom stereocenters. The van der Waals surface area contributed by atoms with Crippen LogP contribution in [0.15, 0.2) is 29.2 Å². The van der Waals surface area contributed by atoms with Crippen LogP contribution in [0.25, 0.3) is 0 Å². The van der Waals surface area contributed by atoms with Crippen molar-refractivity contribution in [2.24, 2.45) is 11.8 Å². The number of carbonyl (C=O) groups excluding carboxylic acids is 2. The molecule has 7 nitrogen and oxygen atoms in total. The van der Waals surface area contributed by atoms with Crippen molar-refractivity contribution < 1.29 is 18.0 Å². The highest BCUT2D eigenvalue weighted by Gasteiger charge is 2.33. The molecule has 0 aliphatic carbocycles. The quantitative estimate of drug-likeness (QED) is 0.757. The molecule has 1 saturated heterocycles. The van der Waals surface area contributed by atoms with E-state index in [1.807, 2.05) is 20.8 Å². The summed E-state index contributed by atoms with van der Waals surface area (Å²) >= 11 is 0. The molecule has 2 rings (SSSR count). The van der Waals surface area contributed by atoms with Gasteiger partial charge in [-0.2, -0.15) is 4.31 Å². The summed E-state index contributed by atoms with van der Waals surface area (Å²) in [7, 11) is -3.63. The molecule has 1 aromatic rings. The third-order valence-corrected chi connectivity index (χ3v) is 6.21. The smallest absolute Gasteiger partial charge is 0.243 e. The summed E-state index contributed by atoms with van der Waals surface area (Å²) in [4.78, 5) is 24.2. The molecule has 0 aromatic heterocycles. The molecular weight excluding hydrogens is 354 g/mol. The van der Waals surface area contributed by atoms with Crippen LogP contribution in [0.2, 0.25) is 0 Å². The summed E-state index contributed by atoms with van der Waals surface area (Å²) in [5.41, 5.74) is 5.80. The molecule has 2 N–H and O–H groups in total. The topological polar surface area (TPSA) is 95.6 Å². The Kier molecular flexibility index (Phi) is 6.77. The lowest BCUT2D eigenvalue weighted by Gasteiger charge is -2.31. The first kappa shape index (κ1) is 20.4. The Bertz CT molecular complexity index is 744. The number of hydrogen-bond donors (Lipinski definition) is 2. The van der Waals surface area contributed by atoms with Crippen LogP contribution in [0, 0.1) is 18.8 Å². The van der Waals surface area contributed by atoms with Gasteiger partial charge in [-0.25, -0.2) is 8.42 Å². The lowest BCUT2D eigenvalue weighted by Crippen LogP contribution is -2.50. The maximum atomic E-state index is 12.8. The predicted octanol–water partition coefficient (Wildman–Crippen LogP) is 1.59. The van der Waals surface area contributed by atoms with Crippen LogP contribution < -0.4 is 10.9 Å². The number of benzene rings is 1. The number of hydrazine groups is 1. The van der Waals surface area contributed by atoms with Crippen LogP contribution in [0.4, 0.5) is 0 Å². The van der Waals surface area contributed by atoms with Crippen molar-refractivity contribution in [2.75, 3.05) is 13.1 Å². The van der Waals surface area contributed by atoms with Crippen LogP contribution in [0.5, 0.6) is 0 Å². The zero-order valence-electron chi connectivity index (χ0n) is 15.5. The van der Waals surface area contributed by atoms with E-state index in [1.165, 1.54) is 4.31 Å². The normalized spacial score (nSPS) is 18.5. The summed E-state index contributed by atoms with van der Waals surface area (Å²) in [5.74, 6) is -0.903. The van der Waals surface area contributed by atoms with Crippen molar-refractivity contribution >= 4 is 21.8 Å². The Labute approximate surface area is 155 Å². The van der Waals surface area contributed by atoms with Gasteiger partial charge >= 0.3 is 0 Å². The predicted molar refractivity (Wildman–Crippen MR) is 98.4 cm³/mol. The summed E-state index contributed by atoms with van der Waals surface area (Å²) in [6.07, 6.45) is 1.51. The molecule has 8 heteroatoms. The number of hydrogen-bond acceptors (Lipinski definition) is 4. The Morgan fingerprint density at radius 3 is 2.46 bits per heavy atom. The van der Waals surface area contributed by atoms with Gasteiger partial charge in [0.15, 0.2) is 0 Å². The van der Waals surface area contributed by atoms with E-state index in [1.54, 1.807) is 24.3 Å². The highest BCUT2D eigenvalue weighted by atomic mass is 32.2. The second kappa shape index (κ2) is 8.64. The fourth-order valence-electron chi connectivity index (χ4n) is 2.89. The second-order valence-corrected chi connectivity index (χ2v) is 9.09. The van der Waals surface area contributed by atoms with E-state index in [0.29, 0.717) is 25.8 Å². The Morgan fingerprint density at radius 2 is 1.85 bits per heavy atom. The van der Waals surface area contributed by atoms with Crippen molar-refractivity contribution in [1.29, 1.82) is 0 Å². The number of nitrogens with one attached hydrogen (secondary N) is 2. The zero-order chi connectivity index (χ0) is 19.3. The van der Waals surface area contributed by atoms with E-state index >= 15 is 0 Å². The van der Waals surface area contributed by atoms with Crippen molar-refractivity contribution in [2.45, 2.75) is 44.9 Å². The molecule has 0 bridgehead atoms. The van der Waals surface area contributed by atoms with E-state index in [0.717, 1.165) is 5.56 Å². The molecule has 1 heterocycles. The second-order valence-electron chi connectivity index (χ2n) is 7.15. The van der Waals surface area contributed by atoms with E-state index in [-0.39, 0.29) is 29.2 Å². The number of amides is 2. The van der Waals surface area contributed by atoms with Crippen molar-refractivity contribution in [3.63, 3.8) is 0 Å². The zero-order valence-corrected chi connectivity index (χ0v) is 16.3. The summed E-state index contributed by atoms with van der Waals surface area (Å²) in [6.45, 7) is 6.22. The van der Waals surface area contributed by atoms with Crippen LogP contribution >= 0.6 is 0 Å². The number of aryl methyl sites for hydroxylation is 1. The first-order valence-corrected chi connectivity index (χ1v) is 10.3. The van der Waals surface area contributed by atoms with Gasteiger partial charge in [0, 0.05) is 19.5 Å². The Hall–Kier alpha value is -1.93. The largest absolute Gasteiger partial charge is 0.273 e. The molecule has 0 radical (unpaired) electrons. The SMILES string of the molecule is Cc1ccc(S(=O)(=O)N2CCCC(C(=O)NNC(=O)CC(C)C)C2)cc1. The van der Waals surface area contributed by atoms with Crippen molar-refractivity contribution in [1.82, 2.24) is 15.2 Å². The first-order chi connectivity index (χ1) is 12.2. The fourth-order valence-corrected chi connectivity index (χ4v) is 4.41. The van der Waals surface area contributed by atoms with Crippen molar-refractivity contribution in [3.8, 4) is 0 Å². The van der Waals surface area contributed by atoms with E-state index < -0.39 is 15.9 Å². The molecule has 1 aliphatic rings. The summed E-state index contributed by atoms with van der Waals surface area (Å²) in [6, 6.07) is 6.68. The van der Waals surface area contributed by atoms with Gasteiger partial charge in [-0.1, -0.05) is 31.5 Å². The number of carbonyl (C=O) groups is 2. The average Bonchev–Trinajstić information content (AvgIpc) is 2.59. The van der Waals surface area contributed by atoms with Gasteiger partial charge in [-0.3, -0.25) is 20.4 Å². The third kappa shape index (κ3) is 5.28.